The molecule has 1 atom stereocenters. The van der Waals surface area contributed by atoms with Gasteiger partial charge in [0.1, 0.15) is 6.10 Å². The summed E-state index contributed by atoms with van der Waals surface area (Å²) in [5, 5.41) is 15.2. The molecule has 6 nitrogen and oxygen atoms in total. The number of hydrogen-bond donors (Lipinski definition) is 3. The Kier molecular flexibility index (Phi) is 20.0. The molecular formula is C17H38N2O4. The summed E-state index contributed by atoms with van der Waals surface area (Å²) in [5.74, 6) is -0.585. The standard InChI is InChI=1S/C13H26N2O4.2C2H6/c1-5-7-14-10(16)6-8-15-12(18)11(17)13(2,3)9-19-4;2*1-2/h11,17H,5-9H2,1-4H3,(H,14,16)(H,15,18);2*1-2H3. The van der Waals surface area contributed by atoms with Gasteiger partial charge in [0.2, 0.25) is 11.8 Å². The van der Waals surface area contributed by atoms with E-state index >= 15 is 0 Å². The fourth-order valence-electron chi connectivity index (χ4n) is 1.55. The van der Waals surface area contributed by atoms with Gasteiger partial charge in [0.05, 0.1) is 6.61 Å². The molecule has 0 rings (SSSR count). The van der Waals surface area contributed by atoms with E-state index in [1.54, 1.807) is 13.8 Å². The Morgan fingerprint density at radius 2 is 1.61 bits per heavy atom. The van der Waals surface area contributed by atoms with Crippen molar-refractivity contribution < 1.29 is 19.4 Å². The molecule has 23 heavy (non-hydrogen) atoms. The number of carbonyl (C=O) groups excluding carboxylic acids is 2. The summed E-state index contributed by atoms with van der Waals surface area (Å²) >= 11 is 0. The molecule has 3 N–H and O–H groups in total. The van der Waals surface area contributed by atoms with Gasteiger partial charge in [-0.25, -0.2) is 0 Å². The van der Waals surface area contributed by atoms with Crippen LogP contribution in [0, 0.1) is 5.41 Å². The first-order chi connectivity index (χ1) is 10.8. The number of carbonyl (C=O) groups is 2. The third-order valence-corrected chi connectivity index (χ3v) is 2.73. The Morgan fingerprint density at radius 3 is 2.04 bits per heavy atom. The lowest BCUT2D eigenvalue weighted by molar-refractivity contribution is -0.137. The topological polar surface area (TPSA) is 87.7 Å². The van der Waals surface area contributed by atoms with Crippen LogP contribution in [0.2, 0.25) is 0 Å². The van der Waals surface area contributed by atoms with Gasteiger partial charge in [-0.2, -0.15) is 0 Å². The average Bonchev–Trinajstić information content (AvgIpc) is 2.55. The molecule has 0 aliphatic carbocycles. The second-order valence-electron chi connectivity index (χ2n) is 5.22. The summed E-state index contributed by atoms with van der Waals surface area (Å²) in [6, 6.07) is 0. The molecule has 0 aromatic heterocycles. The van der Waals surface area contributed by atoms with Crippen LogP contribution in [0.15, 0.2) is 0 Å². The molecule has 1 unspecified atom stereocenters. The number of nitrogens with one attached hydrogen (secondary N) is 2. The molecular weight excluding hydrogens is 296 g/mol. The smallest absolute Gasteiger partial charge is 0.249 e. The minimum Gasteiger partial charge on any atom is -0.384 e. The molecule has 0 saturated heterocycles. The second-order valence-corrected chi connectivity index (χ2v) is 5.22. The molecule has 0 aliphatic rings. The molecule has 6 heteroatoms. The van der Waals surface area contributed by atoms with E-state index in [4.69, 9.17) is 4.74 Å². The fraction of sp³-hybridized carbons (Fsp3) is 0.882. The molecule has 0 aromatic carbocycles. The molecule has 0 fully saturated rings. The van der Waals surface area contributed by atoms with Crippen molar-refractivity contribution in [1.82, 2.24) is 10.6 Å². The van der Waals surface area contributed by atoms with Gasteiger partial charge in [0, 0.05) is 32.0 Å². The minimum atomic E-state index is -1.16. The van der Waals surface area contributed by atoms with Crippen LogP contribution in [0.3, 0.4) is 0 Å². The number of amides is 2. The van der Waals surface area contributed by atoms with E-state index in [2.05, 4.69) is 10.6 Å². The van der Waals surface area contributed by atoms with Gasteiger partial charge in [0.25, 0.3) is 0 Å². The lowest BCUT2D eigenvalue weighted by Gasteiger charge is -2.28. The minimum absolute atomic E-state index is 0.104. The first-order valence-corrected chi connectivity index (χ1v) is 8.56. The Balaban J connectivity index is -0.000000919. The van der Waals surface area contributed by atoms with Crippen LogP contribution >= 0.6 is 0 Å². The van der Waals surface area contributed by atoms with Crippen molar-refractivity contribution in [2.24, 2.45) is 5.41 Å². The molecule has 0 saturated carbocycles. The van der Waals surface area contributed by atoms with Crippen molar-refractivity contribution in [2.45, 2.75) is 67.4 Å². The van der Waals surface area contributed by atoms with Crippen molar-refractivity contribution in [3.63, 3.8) is 0 Å². The lowest BCUT2D eigenvalue weighted by atomic mass is 9.87. The molecule has 0 aliphatic heterocycles. The van der Waals surface area contributed by atoms with Crippen LogP contribution in [0.1, 0.15) is 61.3 Å². The predicted molar refractivity (Wildman–Crippen MR) is 95.3 cm³/mol. The van der Waals surface area contributed by atoms with Gasteiger partial charge in [0.15, 0.2) is 0 Å². The largest absolute Gasteiger partial charge is 0.384 e. The lowest BCUT2D eigenvalue weighted by Crippen LogP contribution is -2.46. The van der Waals surface area contributed by atoms with E-state index in [-0.39, 0.29) is 25.5 Å². The molecule has 0 heterocycles. The summed E-state index contributed by atoms with van der Waals surface area (Å²) in [6.45, 7) is 14.6. The normalized spacial score (nSPS) is 11.2. The van der Waals surface area contributed by atoms with Crippen molar-refractivity contribution in [2.75, 3.05) is 26.8 Å². The summed E-state index contributed by atoms with van der Waals surface area (Å²) < 4.78 is 4.96. The van der Waals surface area contributed by atoms with Gasteiger partial charge in [-0.1, -0.05) is 48.5 Å². The number of aliphatic hydroxyl groups is 1. The number of hydrogen-bond acceptors (Lipinski definition) is 4. The summed E-state index contributed by atoms with van der Waals surface area (Å²) in [4.78, 5) is 23.0. The highest BCUT2D eigenvalue weighted by Gasteiger charge is 2.33. The van der Waals surface area contributed by atoms with E-state index in [1.807, 2.05) is 34.6 Å². The summed E-state index contributed by atoms with van der Waals surface area (Å²) in [7, 11) is 1.52. The van der Waals surface area contributed by atoms with E-state index in [0.29, 0.717) is 6.54 Å². The summed E-state index contributed by atoms with van der Waals surface area (Å²) in [6.07, 6.45) is -0.0725. The van der Waals surface area contributed by atoms with Crippen molar-refractivity contribution in [1.29, 1.82) is 0 Å². The number of methoxy groups -OCH3 is 1. The maximum absolute atomic E-state index is 11.7. The summed E-state index contributed by atoms with van der Waals surface area (Å²) in [5.41, 5.74) is -0.663. The molecule has 0 spiro atoms. The van der Waals surface area contributed by atoms with Crippen LogP contribution in [-0.2, 0) is 14.3 Å². The Labute approximate surface area is 142 Å². The van der Waals surface area contributed by atoms with Crippen molar-refractivity contribution in [3.8, 4) is 0 Å². The first kappa shape index (κ1) is 26.7. The molecule has 2 amide bonds. The van der Waals surface area contributed by atoms with Crippen molar-refractivity contribution in [3.05, 3.63) is 0 Å². The third kappa shape index (κ3) is 14.2. The third-order valence-electron chi connectivity index (χ3n) is 2.73. The quantitative estimate of drug-likeness (QED) is 0.602. The highest BCUT2D eigenvalue weighted by atomic mass is 16.5. The Hall–Kier alpha value is -1.14. The van der Waals surface area contributed by atoms with Crippen LogP contribution in [-0.4, -0.2) is 49.8 Å². The van der Waals surface area contributed by atoms with Gasteiger partial charge in [-0.3, -0.25) is 9.59 Å². The predicted octanol–water partition coefficient (Wildman–Crippen LogP) is 2.10. The van der Waals surface area contributed by atoms with Gasteiger partial charge < -0.3 is 20.5 Å². The van der Waals surface area contributed by atoms with Crippen molar-refractivity contribution >= 4 is 11.8 Å². The molecule has 140 valence electrons. The van der Waals surface area contributed by atoms with Crippen LogP contribution < -0.4 is 10.6 Å². The van der Waals surface area contributed by atoms with E-state index in [1.165, 1.54) is 7.11 Å². The van der Waals surface area contributed by atoms with E-state index < -0.39 is 17.4 Å². The highest BCUT2D eigenvalue weighted by Crippen LogP contribution is 2.20. The highest BCUT2D eigenvalue weighted by molar-refractivity contribution is 5.82. The average molecular weight is 335 g/mol. The van der Waals surface area contributed by atoms with E-state index in [0.717, 1.165) is 6.42 Å². The zero-order chi connectivity index (χ0) is 18.9. The fourth-order valence-corrected chi connectivity index (χ4v) is 1.55. The number of rotatable bonds is 9. The maximum atomic E-state index is 11.7. The SMILES string of the molecule is CC.CC.CCCNC(=O)CCNC(=O)C(O)C(C)(C)COC. The van der Waals surface area contributed by atoms with E-state index in [9.17, 15) is 14.7 Å². The zero-order valence-electron chi connectivity index (χ0n) is 16.3. The molecule has 0 radical (unpaired) electrons. The number of aliphatic hydroxyl groups excluding tert-OH is 1. The van der Waals surface area contributed by atoms with Crippen LogP contribution in [0.4, 0.5) is 0 Å². The first-order valence-electron chi connectivity index (χ1n) is 8.56. The zero-order valence-corrected chi connectivity index (χ0v) is 16.3. The van der Waals surface area contributed by atoms with Gasteiger partial charge in [-0.15, -0.1) is 0 Å². The maximum Gasteiger partial charge on any atom is 0.249 e. The Bertz CT molecular complexity index is 294. The monoisotopic (exact) mass is 334 g/mol. The molecule has 0 bridgehead atoms. The number of ether oxygens (including phenoxy) is 1. The van der Waals surface area contributed by atoms with Gasteiger partial charge in [-0.05, 0) is 6.42 Å². The van der Waals surface area contributed by atoms with Gasteiger partial charge >= 0.3 is 0 Å². The molecule has 0 aromatic rings. The second kappa shape index (κ2) is 17.2. The van der Waals surface area contributed by atoms with Crippen LogP contribution in [0.5, 0.6) is 0 Å². The van der Waals surface area contributed by atoms with Crippen LogP contribution in [0.25, 0.3) is 0 Å². The Morgan fingerprint density at radius 1 is 1.09 bits per heavy atom.